The van der Waals surface area contributed by atoms with E-state index in [1.165, 1.54) is 19.4 Å². The Hall–Kier alpha value is -0.380. The third kappa shape index (κ3) is 2.65. The van der Waals surface area contributed by atoms with Gasteiger partial charge in [0.25, 0.3) is 0 Å². The first kappa shape index (κ1) is 12.1. The summed E-state index contributed by atoms with van der Waals surface area (Å²) in [6.07, 6.45) is 7.21. The Balaban J connectivity index is 1.85. The fourth-order valence-electron chi connectivity index (χ4n) is 2.90. The van der Waals surface area contributed by atoms with Gasteiger partial charge in [0.2, 0.25) is 0 Å². The number of fused-ring (bicyclic) bond motifs is 1. The Morgan fingerprint density at radius 3 is 3.25 bits per heavy atom. The summed E-state index contributed by atoms with van der Waals surface area (Å²) >= 11 is 0. The predicted molar refractivity (Wildman–Crippen MR) is 66.6 cm³/mol. The van der Waals surface area contributed by atoms with Crippen LogP contribution in [-0.2, 0) is 4.74 Å². The van der Waals surface area contributed by atoms with E-state index in [2.05, 4.69) is 16.8 Å². The van der Waals surface area contributed by atoms with E-state index in [1.54, 1.807) is 0 Å². The number of ether oxygens (including phenoxy) is 1. The second kappa shape index (κ2) is 5.80. The number of nitrogens with zero attached hydrogens (tertiary/aromatic N) is 1. The van der Waals surface area contributed by atoms with Crippen molar-refractivity contribution in [1.82, 2.24) is 10.2 Å². The van der Waals surface area contributed by atoms with Crippen molar-refractivity contribution in [3.63, 3.8) is 0 Å². The number of allylic oxidation sites excluding steroid dienone is 1. The first-order chi connectivity index (χ1) is 7.85. The molecule has 3 atom stereocenters. The maximum atomic E-state index is 6.00. The van der Waals surface area contributed by atoms with Gasteiger partial charge >= 0.3 is 0 Å². The van der Waals surface area contributed by atoms with Gasteiger partial charge in [-0.2, -0.15) is 0 Å². The van der Waals surface area contributed by atoms with Crippen LogP contribution in [0, 0.1) is 0 Å². The van der Waals surface area contributed by atoms with Gasteiger partial charge in [-0.25, -0.2) is 0 Å². The molecule has 0 aromatic heterocycles. The average molecular weight is 224 g/mol. The van der Waals surface area contributed by atoms with Crippen molar-refractivity contribution < 1.29 is 4.74 Å². The molecule has 0 aromatic rings. The van der Waals surface area contributed by atoms with Crippen LogP contribution in [0.5, 0.6) is 0 Å². The second-order valence-electron chi connectivity index (χ2n) is 4.92. The van der Waals surface area contributed by atoms with E-state index in [4.69, 9.17) is 4.74 Å². The van der Waals surface area contributed by atoms with Crippen LogP contribution in [0.4, 0.5) is 0 Å². The van der Waals surface area contributed by atoms with E-state index in [0.717, 1.165) is 26.0 Å². The zero-order chi connectivity index (χ0) is 11.4. The van der Waals surface area contributed by atoms with Gasteiger partial charge in [-0.3, -0.25) is 4.90 Å². The van der Waals surface area contributed by atoms with Crippen molar-refractivity contribution >= 4 is 0 Å². The summed E-state index contributed by atoms with van der Waals surface area (Å²) in [7, 11) is 2.03. The van der Waals surface area contributed by atoms with Gasteiger partial charge in [0.05, 0.1) is 12.7 Å². The van der Waals surface area contributed by atoms with Gasteiger partial charge in [0.15, 0.2) is 0 Å². The second-order valence-corrected chi connectivity index (χ2v) is 4.92. The maximum absolute atomic E-state index is 6.00. The fourth-order valence-corrected chi connectivity index (χ4v) is 2.90. The third-order valence-corrected chi connectivity index (χ3v) is 3.92. The Bertz CT molecular complexity index is 232. The topological polar surface area (TPSA) is 24.5 Å². The zero-order valence-electron chi connectivity index (χ0n) is 10.3. The van der Waals surface area contributed by atoms with E-state index in [0.29, 0.717) is 18.2 Å². The summed E-state index contributed by atoms with van der Waals surface area (Å²) in [4.78, 5) is 2.60. The van der Waals surface area contributed by atoms with Crippen molar-refractivity contribution in [2.45, 2.75) is 43.9 Å². The SMILES string of the molecule is C=CCCC(NC)C1CN2CCCC2CO1. The lowest BCUT2D eigenvalue weighted by Crippen LogP contribution is -2.53. The molecular weight excluding hydrogens is 200 g/mol. The summed E-state index contributed by atoms with van der Waals surface area (Å²) in [5.41, 5.74) is 0. The largest absolute Gasteiger partial charge is 0.374 e. The van der Waals surface area contributed by atoms with Gasteiger partial charge in [0.1, 0.15) is 0 Å². The molecule has 3 unspecified atom stereocenters. The van der Waals surface area contributed by atoms with Crippen LogP contribution >= 0.6 is 0 Å². The number of morpholine rings is 1. The molecule has 0 aliphatic carbocycles. The van der Waals surface area contributed by atoms with Crippen LogP contribution in [0.15, 0.2) is 12.7 Å². The number of hydrogen-bond donors (Lipinski definition) is 1. The minimum absolute atomic E-state index is 0.360. The monoisotopic (exact) mass is 224 g/mol. The van der Waals surface area contributed by atoms with Crippen molar-refractivity contribution in [2.75, 3.05) is 26.7 Å². The molecule has 0 bridgehead atoms. The zero-order valence-corrected chi connectivity index (χ0v) is 10.3. The van der Waals surface area contributed by atoms with Crippen molar-refractivity contribution in [1.29, 1.82) is 0 Å². The molecule has 2 saturated heterocycles. The lowest BCUT2D eigenvalue weighted by molar-refractivity contribution is -0.0644. The van der Waals surface area contributed by atoms with Gasteiger partial charge in [-0.15, -0.1) is 6.58 Å². The Kier molecular flexibility index (Phi) is 4.38. The van der Waals surface area contributed by atoms with Gasteiger partial charge in [0, 0.05) is 18.6 Å². The molecule has 0 aromatic carbocycles. The van der Waals surface area contributed by atoms with E-state index >= 15 is 0 Å². The molecule has 2 heterocycles. The Morgan fingerprint density at radius 1 is 1.62 bits per heavy atom. The number of nitrogens with one attached hydrogen (secondary N) is 1. The molecule has 16 heavy (non-hydrogen) atoms. The van der Waals surface area contributed by atoms with Crippen molar-refractivity contribution in [3.8, 4) is 0 Å². The average Bonchev–Trinajstić information content (AvgIpc) is 2.77. The molecule has 3 nitrogen and oxygen atoms in total. The molecule has 0 radical (unpaired) electrons. The van der Waals surface area contributed by atoms with Crippen LogP contribution < -0.4 is 5.32 Å². The van der Waals surface area contributed by atoms with Crippen molar-refractivity contribution in [2.24, 2.45) is 0 Å². The number of rotatable bonds is 5. The van der Waals surface area contributed by atoms with Gasteiger partial charge in [-0.05, 0) is 39.3 Å². The molecule has 1 N–H and O–H groups in total. The minimum Gasteiger partial charge on any atom is -0.374 e. The van der Waals surface area contributed by atoms with Gasteiger partial charge in [-0.1, -0.05) is 6.08 Å². The van der Waals surface area contributed by atoms with E-state index < -0.39 is 0 Å². The van der Waals surface area contributed by atoms with Crippen LogP contribution in [-0.4, -0.2) is 49.8 Å². The lowest BCUT2D eigenvalue weighted by atomic mass is 10.0. The quantitative estimate of drug-likeness (QED) is 0.715. The normalized spacial score (nSPS) is 32.3. The smallest absolute Gasteiger partial charge is 0.0855 e. The van der Waals surface area contributed by atoms with Crippen LogP contribution in [0.3, 0.4) is 0 Å². The lowest BCUT2D eigenvalue weighted by Gasteiger charge is -2.38. The van der Waals surface area contributed by atoms with Crippen LogP contribution in [0.1, 0.15) is 25.7 Å². The highest BCUT2D eigenvalue weighted by Crippen LogP contribution is 2.24. The van der Waals surface area contributed by atoms with Gasteiger partial charge < -0.3 is 10.1 Å². The molecule has 2 aliphatic heterocycles. The molecule has 2 aliphatic rings. The van der Waals surface area contributed by atoms with E-state index in [9.17, 15) is 0 Å². The molecule has 0 saturated carbocycles. The van der Waals surface area contributed by atoms with Crippen LogP contribution in [0.25, 0.3) is 0 Å². The highest BCUT2D eigenvalue weighted by molar-refractivity contribution is 4.90. The highest BCUT2D eigenvalue weighted by Gasteiger charge is 2.34. The molecular formula is C13H24N2O. The minimum atomic E-state index is 0.360. The summed E-state index contributed by atoms with van der Waals surface area (Å²) < 4.78 is 6.00. The number of hydrogen-bond acceptors (Lipinski definition) is 3. The predicted octanol–water partition coefficient (Wildman–Crippen LogP) is 1.40. The molecule has 0 spiro atoms. The summed E-state index contributed by atoms with van der Waals surface area (Å²) in [5, 5.41) is 3.39. The van der Waals surface area contributed by atoms with E-state index in [-0.39, 0.29) is 0 Å². The van der Waals surface area contributed by atoms with Crippen molar-refractivity contribution in [3.05, 3.63) is 12.7 Å². The maximum Gasteiger partial charge on any atom is 0.0855 e. The molecule has 92 valence electrons. The molecule has 3 heteroatoms. The van der Waals surface area contributed by atoms with Crippen LogP contribution in [0.2, 0.25) is 0 Å². The Morgan fingerprint density at radius 2 is 2.50 bits per heavy atom. The molecule has 2 fully saturated rings. The van der Waals surface area contributed by atoms with E-state index in [1.807, 2.05) is 13.1 Å². The summed E-state index contributed by atoms with van der Waals surface area (Å²) in [6, 6.07) is 1.17. The summed E-state index contributed by atoms with van der Waals surface area (Å²) in [5.74, 6) is 0. The molecule has 2 rings (SSSR count). The fraction of sp³-hybridized carbons (Fsp3) is 0.846. The number of likely N-dealkylation sites (N-methyl/N-ethyl adjacent to an activating group) is 1. The third-order valence-electron chi connectivity index (χ3n) is 3.92. The standard InChI is InChI=1S/C13H24N2O/c1-3-4-7-12(14-2)13-9-15-8-5-6-11(15)10-16-13/h3,11-14H,1,4-10H2,2H3. The molecule has 0 amide bonds. The highest BCUT2D eigenvalue weighted by atomic mass is 16.5. The Labute approximate surface area is 98.8 Å². The first-order valence-corrected chi connectivity index (χ1v) is 6.49. The first-order valence-electron chi connectivity index (χ1n) is 6.49. The summed E-state index contributed by atoms with van der Waals surface area (Å²) in [6.45, 7) is 7.08.